The van der Waals surface area contributed by atoms with Crippen LogP contribution in [-0.4, -0.2) is 52.7 Å². The van der Waals surface area contributed by atoms with E-state index in [1.807, 2.05) is 18.2 Å². The number of rotatable bonds is 4. The number of hydrogen-bond donors (Lipinski definition) is 5. The Bertz CT molecular complexity index is 1410. The third kappa shape index (κ3) is 8.27. The topological polar surface area (TPSA) is 113 Å². The number of aromatic hydroxyl groups is 2. The molecule has 44 heavy (non-hydrogen) atoms. The van der Waals surface area contributed by atoms with Gasteiger partial charge in [-0.15, -0.1) is 0 Å². The number of hydrogen-bond acceptors (Lipinski definition) is 5. The maximum absolute atomic E-state index is 12.0. The van der Waals surface area contributed by atoms with Gasteiger partial charge in [0.05, 0.1) is 5.54 Å². The van der Waals surface area contributed by atoms with Crippen LogP contribution in [0.3, 0.4) is 0 Å². The zero-order valence-electron chi connectivity index (χ0n) is 28.9. The predicted molar refractivity (Wildman–Crippen MR) is 193 cm³/mol. The molecule has 1 aliphatic carbocycles. The molecule has 0 aliphatic heterocycles. The summed E-state index contributed by atoms with van der Waals surface area (Å²) in [6.07, 6.45) is 6.64. The average molecular weight is 709 g/mol. The van der Waals surface area contributed by atoms with Gasteiger partial charge in [0.1, 0.15) is 17.3 Å². The molecule has 1 saturated carbocycles. The Balaban J connectivity index is 0.00000675. The Labute approximate surface area is 286 Å². The molecule has 0 saturated heterocycles. The fourth-order valence-corrected chi connectivity index (χ4v) is 5.93. The first-order valence-corrected chi connectivity index (χ1v) is 15.8. The van der Waals surface area contributed by atoms with Crippen molar-refractivity contribution in [3.05, 3.63) is 69.0 Å². The van der Waals surface area contributed by atoms with Crippen LogP contribution in [0, 0.1) is 0 Å². The number of aliphatic hydroxyl groups excluding tert-OH is 1. The van der Waals surface area contributed by atoms with Crippen LogP contribution in [-0.2, 0) is 21.7 Å². The molecule has 5 nitrogen and oxygen atoms in total. The van der Waals surface area contributed by atoms with Gasteiger partial charge >= 0.3 is 25.8 Å². The van der Waals surface area contributed by atoms with Crippen molar-refractivity contribution in [3.8, 4) is 11.5 Å². The number of aliphatic hydroxyl groups is 1. The Kier molecular flexibility index (Phi) is 11.4. The van der Waals surface area contributed by atoms with Crippen LogP contribution >= 0.6 is 0 Å². The third-order valence-corrected chi connectivity index (χ3v) is 9.01. The standard InChI is InChI=1S/C38H58N2O3.In.3H/c1-34(2,3)25-17-23(32(42)28(21-25)36(7,8)9)19-27(38(40)16-14-13-15-31(38)39)30(41)20-24-18-26(35(4,5)6)22-29(33(24)43)37(10,11)12;;;;/h17-22,31,41-43H,13-16,39-40H2,1-12H3;;;;. The van der Waals surface area contributed by atoms with Crippen LogP contribution in [0.1, 0.15) is 142 Å². The summed E-state index contributed by atoms with van der Waals surface area (Å²) in [7, 11) is 0. The molecule has 0 radical (unpaired) electrons. The molecule has 1 aliphatic rings. The number of phenolic OH excluding ortho intramolecular Hbond substituents is 2. The summed E-state index contributed by atoms with van der Waals surface area (Å²) in [6.45, 7) is 25.3. The summed E-state index contributed by atoms with van der Waals surface area (Å²) in [5.41, 5.74) is 17.2. The van der Waals surface area contributed by atoms with Crippen molar-refractivity contribution in [2.75, 3.05) is 0 Å². The Morgan fingerprint density at radius 3 is 1.48 bits per heavy atom. The predicted octanol–water partition coefficient (Wildman–Crippen LogP) is 7.69. The third-order valence-electron chi connectivity index (χ3n) is 9.01. The molecule has 0 aromatic heterocycles. The minimum absolute atomic E-state index is 0. The quantitative estimate of drug-likeness (QED) is 0.165. The van der Waals surface area contributed by atoms with Gasteiger partial charge in [-0.25, -0.2) is 0 Å². The number of benzene rings is 2. The van der Waals surface area contributed by atoms with Crippen LogP contribution in [0.2, 0.25) is 0 Å². The zero-order valence-corrected chi connectivity index (χ0v) is 28.9. The zero-order chi connectivity index (χ0) is 32.9. The first-order chi connectivity index (χ1) is 19.4. The van der Waals surface area contributed by atoms with Crippen LogP contribution in [0.25, 0.3) is 12.2 Å². The van der Waals surface area contributed by atoms with Gasteiger partial charge in [0.25, 0.3) is 0 Å². The number of nitrogens with two attached hydrogens (primary N) is 2. The monoisotopic (exact) mass is 708 g/mol. The van der Waals surface area contributed by atoms with Crippen LogP contribution in [0.5, 0.6) is 11.5 Å². The molecule has 244 valence electrons. The van der Waals surface area contributed by atoms with E-state index in [2.05, 4.69) is 95.2 Å². The molecular weight excluding hydrogens is 647 g/mol. The van der Waals surface area contributed by atoms with E-state index >= 15 is 0 Å². The molecule has 2 atom stereocenters. The Morgan fingerprint density at radius 1 is 0.705 bits per heavy atom. The van der Waals surface area contributed by atoms with Crippen LogP contribution in [0.4, 0.5) is 0 Å². The van der Waals surface area contributed by atoms with Gasteiger partial charge in [-0.2, -0.15) is 0 Å². The van der Waals surface area contributed by atoms with Gasteiger partial charge in [-0.1, -0.05) is 108 Å². The van der Waals surface area contributed by atoms with Crippen molar-refractivity contribution in [2.45, 2.75) is 142 Å². The normalized spacial score (nSPS) is 20.8. The molecule has 1 fully saturated rings. The van der Waals surface area contributed by atoms with Crippen LogP contribution in [0.15, 0.2) is 35.6 Å². The summed E-state index contributed by atoms with van der Waals surface area (Å²) >= 11 is 0. The van der Waals surface area contributed by atoms with Gasteiger partial charge in [0.15, 0.2) is 0 Å². The molecule has 2 unspecified atom stereocenters. The van der Waals surface area contributed by atoms with Crippen molar-refractivity contribution < 1.29 is 15.3 Å². The molecule has 0 amide bonds. The molecule has 3 rings (SSSR count). The summed E-state index contributed by atoms with van der Waals surface area (Å²) in [5.74, 6) is 0.253. The Morgan fingerprint density at radius 2 is 1.11 bits per heavy atom. The van der Waals surface area contributed by atoms with Crippen molar-refractivity contribution in [1.82, 2.24) is 0 Å². The van der Waals surface area contributed by atoms with Crippen LogP contribution < -0.4 is 11.5 Å². The molecule has 0 bridgehead atoms. The fraction of sp³-hybridized carbons (Fsp3) is 0.579. The van der Waals surface area contributed by atoms with Crippen molar-refractivity contribution >= 4 is 38.0 Å². The maximum atomic E-state index is 12.0. The van der Waals surface area contributed by atoms with E-state index in [9.17, 15) is 15.3 Å². The summed E-state index contributed by atoms with van der Waals surface area (Å²) in [6, 6.07) is 7.70. The molecular formula is C38H61InN2O3. The van der Waals surface area contributed by atoms with Gasteiger partial charge in [0, 0.05) is 33.9 Å². The second-order valence-electron chi connectivity index (χ2n) is 16.9. The molecule has 7 N–H and O–H groups in total. The second kappa shape index (κ2) is 13.1. The number of phenols is 2. The van der Waals surface area contributed by atoms with E-state index in [0.717, 1.165) is 41.5 Å². The minimum atomic E-state index is -1.02. The van der Waals surface area contributed by atoms with E-state index < -0.39 is 5.54 Å². The van der Waals surface area contributed by atoms with E-state index in [1.165, 1.54) is 0 Å². The molecule has 6 heteroatoms. The Hall–Kier alpha value is -1.89. The molecule has 2 aromatic rings. The first kappa shape index (κ1) is 38.3. The summed E-state index contributed by atoms with van der Waals surface area (Å²) in [5, 5.41) is 35.1. The molecule has 0 heterocycles. The van der Waals surface area contributed by atoms with Gasteiger partial charge in [-0.3, -0.25) is 0 Å². The average Bonchev–Trinajstić information content (AvgIpc) is 2.83. The van der Waals surface area contributed by atoms with E-state index in [-0.39, 0.29) is 70.8 Å². The molecule has 2 aromatic carbocycles. The van der Waals surface area contributed by atoms with Crippen molar-refractivity contribution in [1.29, 1.82) is 0 Å². The summed E-state index contributed by atoms with van der Waals surface area (Å²) in [4.78, 5) is 0. The second-order valence-corrected chi connectivity index (χ2v) is 16.9. The van der Waals surface area contributed by atoms with Crippen molar-refractivity contribution in [2.24, 2.45) is 11.5 Å². The van der Waals surface area contributed by atoms with E-state index in [4.69, 9.17) is 11.5 Å². The van der Waals surface area contributed by atoms with E-state index in [0.29, 0.717) is 23.1 Å². The fourth-order valence-electron chi connectivity index (χ4n) is 5.93. The molecule has 0 spiro atoms. The van der Waals surface area contributed by atoms with Gasteiger partial charge < -0.3 is 26.8 Å². The SMILES string of the molecule is CC(C)(C)c1cc(C=C(O)C(=Cc2cc(C(C)(C)C)cc(C(C)(C)C)c2O)C2(N)CCCCC2N)c(O)c(C(C)(C)C)c1.[InH3]. The first-order valence-electron chi connectivity index (χ1n) is 15.8. The summed E-state index contributed by atoms with van der Waals surface area (Å²) < 4.78 is 0. The van der Waals surface area contributed by atoms with Gasteiger partial charge in [0.2, 0.25) is 0 Å². The van der Waals surface area contributed by atoms with Crippen molar-refractivity contribution in [3.63, 3.8) is 0 Å². The van der Waals surface area contributed by atoms with E-state index in [1.54, 1.807) is 6.08 Å². The van der Waals surface area contributed by atoms with Gasteiger partial charge in [-0.05, 0) is 69.9 Å².